The number of aromatic amines is 2. The lowest BCUT2D eigenvalue weighted by atomic mass is 9.77. The highest BCUT2D eigenvalue weighted by Gasteiger charge is 2.36. The highest BCUT2D eigenvalue weighted by Crippen LogP contribution is 2.43. The van der Waals surface area contributed by atoms with E-state index in [2.05, 4.69) is 9.97 Å². The van der Waals surface area contributed by atoms with Crippen LogP contribution in [-0.4, -0.2) is 21.9 Å². The highest BCUT2D eigenvalue weighted by molar-refractivity contribution is 6.17. The van der Waals surface area contributed by atoms with Gasteiger partial charge in [0, 0.05) is 21.8 Å². The van der Waals surface area contributed by atoms with Gasteiger partial charge in [-0.25, -0.2) is 4.79 Å². The molecule has 6 heteroatoms. The van der Waals surface area contributed by atoms with Crippen LogP contribution in [0.3, 0.4) is 0 Å². The minimum atomic E-state index is -0.924. The van der Waals surface area contributed by atoms with Crippen LogP contribution < -0.4 is 4.74 Å². The number of carbonyl (C=O) groups is 2. The summed E-state index contributed by atoms with van der Waals surface area (Å²) in [5.41, 5.74) is 3.13. The molecule has 0 amide bonds. The van der Waals surface area contributed by atoms with E-state index in [4.69, 9.17) is 9.47 Å². The van der Waals surface area contributed by atoms with Crippen LogP contribution in [0.15, 0.2) is 109 Å². The number of benzene rings is 4. The molecular weight excluding hydrogens is 524 g/mol. The molecule has 6 aromatic rings. The van der Waals surface area contributed by atoms with Crippen molar-refractivity contribution in [3.05, 3.63) is 126 Å². The van der Waals surface area contributed by atoms with Gasteiger partial charge in [0.05, 0.1) is 16.7 Å². The third kappa shape index (κ3) is 4.75. The molecule has 0 radical (unpaired) electrons. The van der Waals surface area contributed by atoms with Crippen LogP contribution in [0.25, 0.3) is 33.2 Å². The molecule has 0 atom stereocenters. The van der Waals surface area contributed by atoms with E-state index in [1.807, 2.05) is 137 Å². The van der Waals surface area contributed by atoms with Gasteiger partial charge in [0.2, 0.25) is 0 Å². The van der Waals surface area contributed by atoms with E-state index >= 15 is 0 Å². The first-order chi connectivity index (χ1) is 20.2. The van der Waals surface area contributed by atoms with Crippen LogP contribution in [0.5, 0.6) is 5.75 Å². The summed E-state index contributed by atoms with van der Waals surface area (Å²) in [4.78, 5) is 34.7. The zero-order valence-electron chi connectivity index (χ0n) is 24.0. The van der Waals surface area contributed by atoms with Gasteiger partial charge in [-0.2, -0.15) is 0 Å². The number of ketones is 1. The lowest BCUT2D eigenvalue weighted by molar-refractivity contribution is 0.00673. The lowest BCUT2D eigenvalue weighted by Crippen LogP contribution is -2.29. The van der Waals surface area contributed by atoms with Crippen LogP contribution in [0.4, 0.5) is 4.79 Å². The van der Waals surface area contributed by atoms with Crippen molar-refractivity contribution in [3.8, 4) is 17.1 Å². The molecule has 0 spiro atoms. The second-order valence-electron chi connectivity index (χ2n) is 11.4. The van der Waals surface area contributed by atoms with Crippen molar-refractivity contribution in [2.45, 2.75) is 38.7 Å². The molecule has 6 rings (SSSR count). The van der Waals surface area contributed by atoms with Crippen LogP contribution in [0.2, 0.25) is 0 Å². The van der Waals surface area contributed by atoms with Gasteiger partial charge in [-0.05, 0) is 57.0 Å². The maximum absolute atomic E-state index is 14.5. The number of H-pyrrole nitrogens is 2. The van der Waals surface area contributed by atoms with E-state index in [-0.39, 0.29) is 11.5 Å². The summed E-state index contributed by atoms with van der Waals surface area (Å²) in [7, 11) is 0. The standard InChI is InChI=1S/C36H32N2O4/c1-35(2,23-15-7-5-8-16-23)33(39)29-25-19-11-13-21-27(25)37-30(29)31-32(26-20-12-14-22-28(26)38-31)41-34(40)42-36(3,4)24-17-9-6-10-18-24/h5-22,37-38H,1-4H3. The van der Waals surface area contributed by atoms with Crippen molar-refractivity contribution >= 4 is 33.7 Å². The van der Waals surface area contributed by atoms with Gasteiger partial charge in [0.15, 0.2) is 11.5 Å². The molecule has 42 heavy (non-hydrogen) atoms. The first-order valence-electron chi connectivity index (χ1n) is 14.0. The Bertz CT molecular complexity index is 1910. The fourth-order valence-corrected chi connectivity index (χ4v) is 5.47. The minimum absolute atomic E-state index is 0.0569. The summed E-state index contributed by atoms with van der Waals surface area (Å²) in [6.07, 6.45) is -0.844. The number of aromatic nitrogens is 2. The summed E-state index contributed by atoms with van der Waals surface area (Å²) in [6.45, 7) is 7.50. The van der Waals surface area contributed by atoms with E-state index in [1.165, 1.54) is 0 Å². The van der Waals surface area contributed by atoms with E-state index < -0.39 is 17.2 Å². The Morgan fingerprint density at radius 3 is 1.74 bits per heavy atom. The Balaban J connectivity index is 1.48. The summed E-state index contributed by atoms with van der Waals surface area (Å²) in [5, 5.41) is 1.49. The number of hydrogen-bond acceptors (Lipinski definition) is 4. The third-order valence-corrected chi connectivity index (χ3v) is 7.90. The predicted octanol–water partition coefficient (Wildman–Crippen LogP) is 8.93. The largest absolute Gasteiger partial charge is 0.514 e. The number of carbonyl (C=O) groups excluding carboxylic acids is 2. The molecule has 210 valence electrons. The molecule has 2 heterocycles. The van der Waals surface area contributed by atoms with Gasteiger partial charge in [-0.15, -0.1) is 0 Å². The Morgan fingerprint density at radius 2 is 1.10 bits per heavy atom. The molecule has 4 aromatic carbocycles. The molecule has 2 aromatic heterocycles. The number of para-hydroxylation sites is 2. The van der Waals surface area contributed by atoms with Crippen LogP contribution in [0, 0.1) is 0 Å². The molecule has 0 fully saturated rings. The zero-order valence-corrected chi connectivity index (χ0v) is 24.0. The minimum Gasteiger partial charge on any atom is -0.423 e. The Hall–Kier alpha value is -5.10. The summed E-state index contributed by atoms with van der Waals surface area (Å²) >= 11 is 0. The fraction of sp³-hybridized carbons (Fsp3) is 0.167. The van der Waals surface area contributed by atoms with Gasteiger partial charge >= 0.3 is 6.16 Å². The average molecular weight is 557 g/mol. The van der Waals surface area contributed by atoms with Gasteiger partial charge in [-0.3, -0.25) is 4.79 Å². The van der Waals surface area contributed by atoms with E-state index in [1.54, 1.807) is 0 Å². The van der Waals surface area contributed by atoms with Gasteiger partial charge in [0.1, 0.15) is 11.3 Å². The lowest BCUT2D eigenvalue weighted by Gasteiger charge is -2.25. The van der Waals surface area contributed by atoms with Crippen molar-refractivity contribution in [3.63, 3.8) is 0 Å². The second kappa shape index (κ2) is 10.4. The zero-order chi connectivity index (χ0) is 29.5. The molecule has 0 unspecified atom stereocenters. The van der Waals surface area contributed by atoms with Gasteiger partial charge in [-0.1, -0.05) is 91.0 Å². The maximum atomic E-state index is 14.5. The van der Waals surface area contributed by atoms with E-state index in [0.717, 1.165) is 27.5 Å². The molecule has 0 aliphatic heterocycles. The molecular formula is C36H32N2O4. The molecule has 0 bridgehead atoms. The molecule has 2 N–H and O–H groups in total. The first kappa shape index (κ1) is 27.1. The quantitative estimate of drug-likeness (QED) is 0.152. The Morgan fingerprint density at radius 1 is 0.595 bits per heavy atom. The monoisotopic (exact) mass is 556 g/mol. The Labute approximate surface area is 244 Å². The summed E-state index contributed by atoms with van der Waals surface area (Å²) < 4.78 is 11.8. The summed E-state index contributed by atoms with van der Waals surface area (Å²) in [5.74, 6) is 0.233. The van der Waals surface area contributed by atoms with Crippen molar-refractivity contribution in [2.24, 2.45) is 0 Å². The molecule has 0 saturated carbocycles. The first-order valence-corrected chi connectivity index (χ1v) is 14.0. The van der Waals surface area contributed by atoms with Crippen LogP contribution >= 0.6 is 0 Å². The Kier molecular flexibility index (Phi) is 6.70. The van der Waals surface area contributed by atoms with Crippen molar-refractivity contribution < 1.29 is 19.1 Å². The SMILES string of the molecule is CC(C)(OC(=O)Oc1c(-c2[nH]c3ccccc3c2C(=O)C(C)(C)c2ccccc2)[nH]c2ccccc12)c1ccccc1. The number of Topliss-reactive ketones (excluding diaryl/α,β-unsaturated/α-hetero) is 1. The van der Waals surface area contributed by atoms with Crippen LogP contribution in [0.1, 0.15) is 49.2 Å². The third-order valence-electron chi connectivity index (χ3n) is 7.90. The summed E-state index contributed by atoms with van der Waals surface area (Å²) in [6, 6.07) is 34.5. The van der Waals surface area contributed by atoms with Crippen molar-refractivity contribution in [1.29, 1.82) is 0 Å². The van der Waals surface area contributed by atoms with Gasteiger partial charge in [0.25, 0.3) is 0 Å². The molecule has 6 nitrogen and oxygen atoms in total. The normalized spacial score (nSPS) is 12.0. The van der Waals surface area contributed by atoms with Crippen LogP contribution in [-0.2, 0) is 15.8 Å². The van der Waals surface area contributed by atoms with E-state index in [0.29, 0.717) is 22.3 Å². The molecule has 0 aliphatic carbocycles. The number of ether oxygens (including phenoxy) is 2. The van der Waals surface area contributed by atoms with Crippen molar-refractivity contribution in [1.82, 2.24) is 9.97 Å². The number of rotatable bonds is 7. The number of nitrogens with one attached hydrogen (secondary N) is 2. The van der Waals surface area contributed by atoms with E-state index in [9.17, 15) is 9.59 Å². The molecule has 0 saturated heterocycles. The smallest absolute Gasteiger partial charge is 0.423 e. The fourth-order valence-electron chi connectivity index (χ4n) is 5.47. The predicted molar refractivity (Wildman–Crippen MR) is 166 cm³/mol. The molecule has 0 aliphatic rings. The topological polar surface area (TPSA) is 84.2 Å². The van der Waals surface area contributed by atoms with Gasteiger partial charge < -0.3 is 19.4 Å². The second-order valence-corrected chi connectivity index (χ2v) is 11.4. The number of hydrogen-bond donors (Lipinski definition) is 2. The number of fused-ring (bicyclic) bond motifs is 2. The maximum Gasteiger partial charge on any atom is 0.514 e. The van der Waals surface area contributed by atoms with Crippen molar-refractivity contribution in [2.75, 3.05) is 0 Å². The highest BCUT2D eigenvalue weighted by atomic mass is 16.7. The average Bonchev–Trinajstić information content (AvgIpc) is 3.56.